The van der Waals surface area contributed by atoms with E-state index in [0.29, 0.717) is 18.0 Å². The van der Waals surface area contributed by atoms with E-state index < -0.39 is 0 Å². The smallest absolute Gasteiger partial charge is 0.293 e. The molecule has 0 aliphatic heterocycles. The summed E-state index contributed by atoms with van der Waals surface area (Å²) >= 11 is 1.32. The Hall–Kier alpha value is -2.93. The van der Waals surface area contributed by atoms with Gasteiger partial charge in [-0.15, -0.1) is 11.3 Å². The number of amides is 2. The van der Waals surface area contributed by atoms with Crippen molar-refractivity contribution in [2.45, 2.75) is 39.0 Å². The molecule has 0 saturated heterocycles. The molecule has 0 aliphatic rings. The Balaban J connectivity index is 1.44. The van der Waals surface area contributed by atoms with Gasteiger partial charge in [-0.1, -0.05) is 25.5 Å². The van der Waals surface area contributed by atoms with E-state index in [4.69, 9.17) is 4.42 Å². The lowest BCUT2D eigenvalue weighted by molar-refractivity contribution is -0.116. The number of benzene rings is 1. The van der Waals surface area contributed by atoms with Gasteiger partial charge in [-0.3, -0.25) is 14.9 Å². The summed E-state index contributed by atoms with van der Waals surface area (Å²) < 4.78 is 5.05. The number of carbonyl (C=O) groups excluding carboxylic acids is 2. The van der Waals surface area contributed by atoms with E-state index >= 15 is 0 Å². The fourth-order valence-electron chi connectivity index (χ4n) is 2.65. The first-order valence-corrected chi connectivity index (χ1v) is 10.2. The van der Waals surface area contributed by atoms with E-state index in [1.807, 2.05) is 17.5 Å². The number of rotatable bonds is 9. The van der Waals surface area contributed by atoms with Crippen LogP contribution in [-0.4, -0.2) is 16.8 Å². The topological polar surface area (TPSA) is 84.2 Å². The molecule has 0 unspecified atom stereocenters. The van der Waals surface area contributed by atoms with E-state index in [-0.39, 0.29) is 17.6 Å². The van der Waals surface area contributed by atoms with Crippen molar-refractivity contribution in [3.63, 3.8) is 0 Å². The molecule has 7 heteroatoms. The zero-order chi connectivity index (χ0) is 19.8. The summed E-state index contributed by atoms with van der Waals surface area (Å²) in [6.45, 7) is 2.17. The lowest BCUT2D eigenvalue weighted by Crippen LogP contribution is -2.13. The van der Waals surface area contributed by atoms with Gasteiger partial charge in [0.2, 0.25) is 5.91 Å². The Kier molecular flexibility index (Phi) is 6.97. The minimum Gasteiger partial charge on any atom is -0.459 e. The average Bonchev–Trinajstić information content (AvgIpc) is 3.38. The number of hydrogen-bond donors (Lipinski definition) is 2. The Morgan fingerprint density at radius 2 is 1.93 bits per heavy atom. The van der Waals surface area contributed by atoms with Crippen LogP contribution in [-0.2, 0) is 17.6 Å². The van der Waals surface area contributed by atoms with Gasteiger partial charge in [0.25, 0.3) is 5.91 Å². The fraction of sp³-hybridized carbons (Fsp3) is 0.286. The van der Waals surface area contributed by atoms with Gasteiger partial charge >= 0.3 is 0 Å². The second-order valence-electron chi connectivity index (χ2n) is 6.42. The van der Waals surface area contributed by atoms with E-state index in [9.17, 15) is 9.59 Å². The normalized spacial score (nSPS) is 10.6. The average molecular weight is 398 g/mol. The fourth-order valence-corrected chi connectivity index (χ4v) is 3.39. The maximum atomic E-state index is 12.2. The van der Waals surface area contributed by atoms with Crippen LogP contribution in [0.25, 0.3) is 0 Å². The highest BCUT2D eigenvalue weighted by Crippen LogP contribution is 2.18. The number of unbranched alkanes of at least 4 members (excludes halogenated alkanes) is 1. The summed E-state index contributed by atoms with van der Waals surface area (Å²) in [6, 6.07) is 11.2. The van der Waals surface area contributed by atoms with Crippen molar-refractivity contribution in [1.82, 2.24) is 4.98 Å². The zero-order valence-corrected chi connectivity index (χ0v) is 16.6. The molecule has 0 fully saturated rings. The van der Waals surface area contributed by atoms with Crippen molar-refractivity contribution in [2.75, 3.05) is 10.6 Å². The summed E-state index contributed by atoms with van der Waals surface area (Å²) in [6.07, 6.45) is 5.68. The molecule has 2 amide bonds. The highest BCUT2D eigenvalue weighted by Gasteiger charge is 2.12. The van der Waals surface area contributed by atoms with Gasteiger partial charge in [-0.2, -0.15) is 0 Å². The Labute approximate surface area is 168 Å². The minimum atomic E-state index is -0.342. The van der Waals surface area contributed by atoms with Gasteiger partial charge in [-0.25, -0.2) is 4.98 Å². The highest BCUT2D eigenvalue weighted by molar-refractivity contribution is 7.13. The molecule has 0 bridgehead atoms. The number of furan rings is 1. The molecule has 28 heavy (non-hydrogen) atoms. The molecule has 0 atom stereocenters. The predicted octanol–water partition coefficient (Wildman–Crippen LogP) is 4.90. The lowest BCUT2D eigenvalue weighted by atomic mass is 10.1. The van der Waals surface area contributed by atoms with Crippen molar-refractivity contribution in [3.05, 3.63) is 65.1 Å². The van der Waals surface area contributed by atoms with Crippen LogP contribution in [0.2, 0.25) is 0 Å². The van der Waals surface area contributed by atoms with Gasteiger partial charge < -0.3 is 9.73 Å². The third-order valence-electron chi connectivity index (χ3n) is 4.18. The number of hydrogen-bond acceptors (Lipinski definition) is 5. The number of carbonyl (C=O) groups is 2. The molecule has 146 valence electrons. The largest absolute Gasteiger partial charge is 0.459 e. The van der Waals surface area contributed by atoms with Crippen LogP contribution < -0.4 is 10.6 Å². The SMILES string of the molecule is CCCCc1ccc(NC(=O)CCc2csc(NC(=O)c3ccco3)n2)cc1. The summed E-state index contributed by atoms with van der Waals surface area (Å²) in [4.78, 5) is 28.4. The third kappa shape index (κ3) is 5.79. The molecular weight excluding hydrogens is 374 g/mol. The molecule has 2 N–H and O–H groups in total. The molecular formula is C21H23N3O3S. The number of anilines is 2. The first-order chi connectivity index (χ1) is 13.6. The van der Waals surface area contributed by atoms with E-state index in [1.54, 1.807) is 12.1 Å². The van der Waals surface area contributed by atoms with E-state index in [0.717, 1.165) is 17.8 Å². The number of thiazole rings is 1. The first kappa shape index (κ1) is 19.8. The van der Waals surface area contributed by atoms with Gasteiger partial charge in [0.05, 0.1) is 12.0 Å². The monoisotopic (exact) mass is 397 g/mol. The van der Waals surface area contributed by atoms with Gasteiger partial charge in [0.15, 0.2) is 10.9 Å². The van der Waals surface area contributed by atoms with Crippen molar-refractivity contribution >= 4 is 34.0 Å². The second kappa shape index (κ2) is 9.85. The molecule has 0 radical (unpaired) electrons. The van der Waals surface area contributed by atoms with E-state index in [1.165, 1.54) is 36.0 Å². The molecule has 6 nitrogen and oxygen atoms in total. The molecule has 0 aliphatic carbocycles. The molecule has 3 rings (SSSR count). The second-order valence-corrected chi connectivity index (χ2v) is 7.28. The van der Waals surface area contributed by atoms with E-state index in [2.05, 4.69) is 34.7 Å². The summed E-state index contributed by atoms with van der Waals surface area (Å²) in [5.74, 6) is -0.168. The Morgan fingerprint density at radius 1 is 1.11 bits per heavy atom. The maximum Gasteiger partial charge on any atom is 0.293 e. The van der Waals surface area contributed by atoms with Crippen LogP contribution in [0.3, 0.4) is 0 Å². The van der Waals surface area contributed by atoms with Crippen LogP contribution in [0.4, 0.5) is 10.8 Å². The maximum absolute atomic E-state index is 12.2. The number of aromatic nitrogens is 1. The molecule has 0 spiro atoms. The Bertz CT molecular complexity index is 901. The molecule has 1 aromatic carbocycles. The highest BCUT2D eigenvalue weighted by atomic mass is 32.1. The van der Waals surface area contributed by atoms with Gasteiger partial charge in [-0.05, 0) is 49.1 Å². The van der Waals surface area contributed by atoms with Gasteiger partial charge in [0.1, 0.15) is 0 Å². The van der Waals surface area contributed by atoms with Crippen LogP contribution in [0.15, 0.2) is 52.5 Å². The number of nitrogens with zero attached hydrogens (tertiary/aromatic N) is 1. The number of aryl methyl sites for hydroxylation is 2. The molecule has 0 saturated carbocycles. The van der Waals surface area contributed by atoms with Crippen molar-refractivity contribution < 1.29 is 14.0 Å². The van der Waals surface area contributed by atoms with Crippen LogP contribution in [0.1, 0.15) is 48.0 Å². The lowest BCUT2D eigenvalue weighted by Gasteiger charge is -2.06. The van der Waals surface area contributed by atoms with Crippen molar-refractivity contribution in [3.8, 4) is 0 Å². The summed E-state index contributed by atoms with van der Waals surface area (Å²) in [7, 11) is 0. The number of nitrogens with one attached hydrogen (secondary N) is 2. The van der Waals surface area contributed by atoms with Crippen LogP contribution in [0.5, 0.6) is 0 Å². The molecule has 3 aromatic rings. The Morgan fingerprint density at radius 3 is 2.64 bits per heavy atom. The summed E-state index contributed by atoms with van der Waals surface area (Å²) in [5.41, 5.74) is 2.85. The van der Waals surface area contributed by atoms with Crippen LogP contribution in [0, 0.1) is 0 Å². The standard InChI is InChI=1S/C21H23N3O3S/c1-2-3-5-15-7-9-16(10-8-15)22-19(25)12-11-17-14-28-21(23-17)24-20(26)18-6-4-13-27-18/h4,6-10,13-14H,2-3,5,11-12H2,1H3,(H,22,25)(H,23,24,26). The predicted molar refractivity (Wildman–Crippen MR) is 111 cm³/mol. The first-order valence-electron chi connectivity index (χ1n) is 9.32. The van der Waals surface area contributed by atoms with Crippen molar-refractivity contribution in [1.29, 1.82) is 0 Å². The summed E-state index contributed by atoms with van der Waals surface area (Å²) in [5, 5.41) is 7.92. The third-order valence-corrected chi connectivity index (χ3v) is 4.99. The molecule has 2 heterocycles. The molecule has 2 aromatic heterocycles. The van der Waals surface area contributed by atoms with Crippen LogP contribution >= 0.6 is 11.3 Å². The van der Waals surface area contributed by atoms with Crippen molar-refractivity contribution in [2.24, 2.45) is 0 Å². The zero-order valence-electron chi connectivity index (χ0n) is 15.7. The minimum absolute atomic E-state index is 0.0597. The quantitative estimate of drug-likeness (QED) is 0.538. The van der Waals surface area contributed by atoms with Gasteiger partial charge in [0, 0.05) is 17.5 Å².